The van der Waals surface area contributed by atoms with Gasteiger partial charge in [-0.05, 0) is 37.1 Å². The van der Waals surface area contributed by atoms with Crippen LogP contribution in [-0.2, 0) is 16.1 Å². The molecule has 4 rings (SSSR count). The molecule has 3 heterocycles. The molecule has 0 N–H and O–H groups in total. The van der Waals surface area contributed by atoms with Gasteiger partial charge in [0.1, 0.15) is 18.1 Å². The first-order chi connectivity index (χ1) is 13.8. The highest BCUT2D eigenvalue weighted by Crippen LogP contribution is 2.25. The second-order valence-corrected chi connectivity index (χ2v) is 6.50. The van der Waals surface area contributed by atoms with Gasteiger partial charge >= 0.3 is 5.97 Å². The van der Waals surface area contributed by atoms with E-state index in [1.807, 2.05) is 41.2 Å². The normalized spacial score (nSPS) is 14.6. The highest BCUT2D eigenvalue weighted by molar-refractivity contribution is 5.87. The predicted molar refractivity (Wildman–Crippen MR) is 101 cm³/mol. The van der Waals surface area contributed by atoms with E-state index in [4.69, 9.17) is 14.2 Å². The van der Waals surface area contributed by atoms with Crippen molar-refractivity contribution in [1.29, 1.82) is 0 Å². The average molecular weight is 379 g/mol. The highest BCUT2D eigenvalue weighted by atomic mass is 16.5. The van der Waals surface area contributed by atoms with Crippen LogP contribution in [0.1, 0.15) is 34.9 Å². The van der Waals surface area contributed by atoms with Gasteiger partial charge in [-0.25, -0.2) is 4.79 Å². The Morgan fingerprint density at radius 2 is 2.00 bits per heavy atom. The summed E-state index contributed by atoms with van der Waals surface area (Å²) in [6.07, 6.45) is 6.93. The molecule has 0 saturated carbocycles. The average Bonchev–Trinajstić information content (AvgIpc) is 3.25. The van der Waals surface area contributed by atoms with E-state index in [0.717, 1.165) is 31.6 Å². The Balaban J connectivity index is 1.39. The molecule has 1 saturated heterocycles. The van der Waals surface area contributed by atoms with Crippen LogP contribution in [0.5, 0.6) is 11.5 Å². The number of pyridine rings is 1. The largest absolute Gasteiger partial charge is 0.456 e. The van der Waals surface area contributed by atoms with Crippen molar-refractivity contribution >= 4 is 5.97 Å². The van der Waals surface area contributed by atoms with Crippen molar-refractivity contribution in [3.8, 4) is 11.5 Å². The van der Waals surface area contributed by atoms with Gasteiger partial charge < -0.3 is 14.2 Å². The number of rotatable bonds is 6. The molecule has 0 spiro atoms. The zero-order valence-electron chi connectivity index (χ0n) is 15.4. The van der Waals surface area contributed by atoms with Gasteiger partial charge in [0.05, 0.1) is 12.2 Å². The van der Waals surface area contributed by atoms with Gasteiger partial charge in [0.2, 0.25) is 0 Å². The fourth-order valence-corrected chi connectivity index (χ4v) is 3.07. The molecule has 1 aromatic carbocycles. The van der Waals surface area contributed by atoms with Gasteiger partial charge in [0.15, 0.2) is 5.69 Å². The van der Waals surface area contributed by atoms with Crippen LogP contribution in [0, 0.1) is 0 Å². The fraction of sp³-hybridized carbons (Fsp3) is 0.286. The molecule has 0 aliphatic carbocycles. The third kappa shape index (κ3) is 4.37. The van der Waals surface area contributed by atoms with Gasteiger partial charge in [-0.15, -0.1) is 0 Å². The number of carbonyl (C=O) groups excluding carboxylic acids is 1. The van der Waals surface area contributed by atoms with Crippen LogP contribution in [0.15, 0.2) is 61.1 Å². The third-order valence-corrected chi connectivity index (χ3v) is 4.58. The zero-order valence-corrected chi connectivity index (χ0v) is 15.4. The molecule has 2 aromatic heterocycles. The Morgan fingerprint density at radius 1 is 1.14 bits per heavy atom. The first-order valence-electron chi connectivity index (χ1n) is 9.25. The minimum Gasteiger partial charge on any atom is -0.456 e. The van der Waals surface area contributed by atoms with Crippen LogP contribution >= 0.6 is 0 Å². The molecular formula is C21H21N3O4. The summed E-state index contributed by atoms with van der Waals surface area (Å²) in [6, 6.07) is 13.0. The lowest BCUT2D eigenvalue weighted by molar-refractivity contribution is 0.0458. The maximum atomic E-state index is 12.4. The lowest BCUT2D eigenvalue weighted by atomic mass is 10.1. The SMILES string of the molecule is O=C(OCc1ccccc1Oc1cccnc1)c1ccn(C2CCOCC2)n1. The molecule has 0 bridgehead atoms. The van der Waals surface area contributed by atoms with Crippen LogP contribution in [0.3, 0.4) is 0 Å². The van der Waals surface area contributed by atoms with Gasteiger partial charge in [-0.3, -0.25) is 9.67 Å². The molecule has 0 unspecified atom stereocenters. The Hall–Kier alpha value is -3.19. The van der Waals surface area contributed by atoms with Gasteiger partial charge in [-0.2, -0.15) is 5.10 Å². The van der Waals surface area contributed by atoms with E-state index < -0.39 is 5.97 Å². The van der Waals surface area contributed by atoms with Crippen molar-refractivity contribution in [3.63, 3.8) is 0 Å². The number of ether oxygens (including phenoxy) is 3. The van der Waals surface area contributed by atoms with Crippen LogP contribution < -0.4 is 4.74 Å². The summed E-state index contributed by atoms with van der Waals surface area (Å²) >= 11 is 0. The van der Waals surface area contributed by atoms with Gasteiger partial charge in [-0.1, -0.05) is 18.2 Å². The van der Waals surface area contributed by atoms with Crippen molar-refractivity contribution in [3.05, 3.63) is 72.3 Å². The third-order valence-electron chi connectivity index (χ3n) is 4.58. The quantitative estimate of drug-likeness (QED) is 0.607. The molecule has 3 aromatic rings. The molecule has 0 atom stereocenters. The summed E-state index contributed by atoms with van der Waals surface area (Å²) in [5, 5.41) is 4.38. The molecule has 0 radical (unpaired) electrons. The molecule has 7 heteroatoms. The number of aromatic nitrogens is 3. The number of para-hydroxylation sites is 1. The van der Waals surface area contributed by atoms with Crippen molar-refractivity contribution in [2.45, 2.75) is 25.5 Å². The number of hydrogen-bond donors (Lipinski definition) is 0. The molecule has 28 heavy (non-hydrogen) atoms. The Bertz CT molecular complexity index is 920. The number of hydrogen-bond acceptors (Lipinski definition) is 6. The number of esters is 1. The summed E-state index contributed by atoms with van der Waals surface area (Å²) in [7, 11) is 0. The highest BCUT2D eigenvalue weighted by Gasteiger charge is 2.19. The van der Waals surface area contributed by atoms with E-state index >= 15 is 0 Å². The maximum absolute atomic E-state index is 12.4. The Kier molecular flexibility index (Phi) is 5.63. The first-order valence-corrected chi connectivity index (χ1v) is 9.25. The Morgan fingerprint density at radius 3 is 2.82 bits per heavy atom. The zero-order chi connectivity index (χ0) is 19.2. The van der Waals surface area contributed by atoms with Crippen molar-refractivity contribution < 1.29 is 19.0 Å². The summed E-state index contributed by atoms with van der Waals surface area (Å²) < 4.78 is 18.5. The molecular weight excluding hydrogens is 358 g/mol. The molecule has 1 aliphatic heterocycles. The summed E-state index contributed by atoms with van der Waals surface area (Å²) in [4.78, 5) is 16.4. The van der Waals surface area contributed by atoms with E-state index in [0.29, 0.717) is 17.2 Å². The number of benzene rings is 1. The minimum absolute atomic E-state index is 0.0966. The Labute approximate surface area is 162 Å². The topological polar surface area (TPSA) is 75.5 Å². The fourth-order valence-electron chi connectivity index (χ4n) is 3.07. The van der Waals surface area contributed by atoms with E-state index in [1.165, 1.54) is 0 Å². The van der Waals surface area contributed by atoms with Gasteiger partial charge in [0, 0.05) is 31.2 Å². The van der Waals surface area contributed by atoms with Crippen molar-refractivity contribution in [1.82, 2.24) is 14.8 Å². The molecule has 1 fully saturated rings. The van der Waals surface area contributed by atoms with E-state index in [9.17, 15) is 4.79 Å². The second kappa shape index (κ2) is 8.67. The summed E-state index contributed by atoms with van der Waals surface area (Å²) in [5.74, 6) is 0.787. The van der Waals surface area contributed by atoms with Crippen LogP contribution in [0.25, 0.3) is 0 Å². The van der Waals surface area contributed by atoms with Crippen molar-refractivity contribution in [2.75, 3.05) is 13.2 Å². The monoisotopic (exact) mass is 379 g/mol. The molecule has 0 amide bonds. The molecule has 7 nitrogen and oxygen atoms in total. The first kappa shape index (κ1) is 18.2. The second-order valence-electron chi connectivity index (χ2n) is 6.50. The molecule has 144 valence electrons. The maximum Gasteiger partial charge on any atom is 0.359 e. The minimum atomic E-state index is -0.456. The predicted octanol–water partition coefficient (Wildman–Crippen LogP) is 3.78. The van der Waals surface area contributed by atoms with Crippen LogP contribution in [0.4, 0.5) is 0 Å². The smallest absolute Gasteiger partial charge is 0.359 e. The number of nitrogens with zero attached hydrogens (tertiary/aromatic N) is 3. The van der Waals surface area contributed by atoms with E-state index in [1.54, 1.807) is 24.5 Å². The lowest BCUT2D eigenvalue weighted by Gasteiger charge is -2.22. The van der Waals surface area contributed by atoms with Gasteiger partial charge in [0.25, 0.3) is 0 Å². The van der Waals surface area contributed by atoms with E-state index in [-0.39, 0.29) is 12.6 Å². The van der Waals surface area contributed by atoms with Crippen LogP contribution in [0.2, 0.25) is 0 Å². The molecule has 1 aliphatic rings. The summed E-state index contributed by atoms with van der Waals surface area (Å²) in [5.41, 5.74) is 1.07. The lowest BCUT2D eigenvalue weighted by Crippen LogP contribution is -2.20. The van der Waals surface area contributed by atoms with Crippen LogP contribution in [-0.4, -0.2) is 33.9 Å². The van der Waals surface area contributed by atoms with E-state index in [2.05, 4.69) is 10.1 Å². The van der Waals surface area contributed by atoms with Crippen molar-refractivity contribution in [2.24, 2.45) is 0 Å². The number of carbonyl (C=O) groups is 1. The standard InChI is InChI=1S/C21H21N3O4/c25-21(19-7-11-24(23-19)17-8-12-26-13-9-17)27-15-16-4-1-2-6-20(16)28-18-5-3-10-22-14-18/h1-7,10-11,14,17H,8-9,12-13,15H2. The summed E-state index contributed by atoms with van der Waals surface area (Å²) in [6.45, 7) is 1.54.